The highest BCUT2D eigenvalue weighted by atomic mass is 19.1. The van der Waals surface area contributed by atoms with Crippen molar-refractivity contribution in [2.75, 3.05) is 32.7 Å². The fourth-order valence-corrected chi connectivity index (χ4v) is 2.23. The van der Waals surface area contributed by atoms with Crippen molar-refractivity contribution in [2.24, 2.45) is 0 Å². The lowest BCUT2D eigenvalue weighted by Crippen LogP contribution is -2.51. The predicted molar refractivity (Wildman–Crippen MR) is 76.8 cm³/mol. The zero-order valence-corrected chi connectivity index (χ0v) is 11.5. The largest absolute Gasteiger partial charge is 0.335 e. The van der Waals surface area contributed by atoms with Gasteiger partial charge < -0.3 is 10.2 Å². The summed E-state index contributed by atoms with van der Waals surface area (Å²) in [6.45, 7) is 7.95. The van der Waals surface area contributed by atoms with E-state index in [1.807, 2.05) is 4.90 Å². The normalized spacial score (nSPS) is 15.9. The molecule has 0 spiro atoms. The minimum atomic E-state index is -0.211. The molecule has 1 saturated heterocycles. The van der Waals surface area contributed by atoms with Crippen LogP contribution in [0.4, 0.5) is 9.18 Å². The monoisotopic (exact) mass is 277 g/mol. The third-order valence-corrected chi connectivity index (χ3v) is 3.38. The molecule has 1 aromatic carbocycles. The number of halogens is 1. The summed E-state index contributed by atoms with van der Waals surface area (Å²) in [6, 6.07) is 6.53. The van der Waals surface area contributed by atoms with E-state index in [9.17, 15) is 9.18 Å². The van der Waals surface area contributed by atoms with Gasteiger partial charge in [0.1, 0.15) is 5.82 Å². The predicted octanol–water partition coefficient (Wildman–Crippen LogP) is 1.84. The second-order valence-electron chi connectivity index (χ2n) is 4.86. The van der Waals surface area contributed by atoms with E-state index in [2.05, 4.69) is 16.8 Å². The topological polar surface area (TPSA) is 35.6 Å². The van der Waals surface area contributed by atoms with Gasteiger partial charge in [0.25, 0.3) is 0 Å². The van der Waals surface area contributed by atoms with E-state index >= 15 is 0 Å². The van der Waals surface area contributed by atoms with Gasteiger partial charge in [-0.1, -0.05) is 18.2 Å². The number of hydrogen-bond acceptors (Lipinski definition) is 2. The molecule has 0 saturated carbocycles. The van der Waals surface area contributed by atoms with Crippen molar-refractivity contribution in [1.29, 1.82) is 0 Å². The van der Waals surface area contributed by atoms with Crippen LogP contribution in [0.2, 0.25) is 0 Å². The molecule has 0 atom stereocenters. The molecule has 1 fully saturated rings. The van der Waals surface area contributed by atoms with Crippen LogP contribution in [0.5, 0.6) is 0 Å². The smallest absolute Gasteiger partial charge is 0.317 e. The molecular formula is C15H20FN3O. The lowest BCUT2D eigenvalue weighted by Gasteiger charge is -2.34. The van der Waals surface area contributed by atoms with Crippen molar-refractivity contribution >= 4 is 6.03 Å². The first kappa shape index (κ1) is 14.5. The van der Waals surface area contributed by atoms with Crippen LogP contribution in [0.1, 0.15) is 5.56 Å². The van der Waals surface area contributed by atoms with Crippen molar-refractivity contribution < 1.29 is 9.18 Å². The zero-order chi connectivity index (χ0) is 14.4. The Balaban J connectivity index is 1.78. The van der Waals surface area contributed by atoms with E-state index in [4.69, 9.17) is 0 Å². The number of hydrogen-bond donors (Lipinski definition) is 1. The molecule has 1 aliphatic heterocycles. The van der Waals surface area contributed by atoms with Gasteiger partial charge >= 0.3 is 6.03 Å². The maximum Gasteiger partial charge on any atom is 0.317 e. The minimum Gasteiger partial charge on any atom is -0.335 e. The first-order valence-electron chi connectivity index (χ1n) is 6.79. The van der Waals surface area contributed by atoms with Crippen molar-refractivity contribution in [3.05, 3.63) is 48.3 Å². The van der Waals surface area contributed by atoms with Crippen LogP contribution in [0.25, 0.3) is 0 Å². The van der Waals surface area contributed by atoms with E-state index in [0.717, 1.165) is 25.2 Å². The Bertz CT molecular complexity index is 453. The number of carbonyl (C=O) groups excluding carboxylic acids is 1. The van der Waals surface area contributed by atoms with Crippen LogP contribution < -0.4 is 5.32 Å². The molecule has 2 rings (SSSR count). The van der Waals surface area contributed by atoms with Crippen molar-refractivity contribution in [2.45, 2.75) is 6.54 Å². The van der Waals surface area contributed by atoms with E-state index < -0.39 is 0 Å². The Morgan fingerprint density at radius 2 is 1.90 bits per heavy atom. The van der Waals surface area contributed by atoms with E-state index in [0.29, 0.717) is 19.6 Å². The van der Waals surface area contributed by atoms with Crippen molar-refractivity contribution in [1.82, 2.24) is 15.1 Å². The SMILES string of the molecule is C=CCNC(=O)N1CCN(Cc2ccc(F)cc2)CC1. The Morgan fingerprint density at radius 1 is 1.25 bits per heavy atom. The molecule has 2 amide bonds. The summed E-state index contributed by atoms with van der Waals surface area (Å²) in [5.41, 5.74) is 1.09. The summed E-state index contributed by atoms with van der Waals surface area (Å²) in [5.74, 6) is -0.211. The Morgan fingerprint density at radius 3 is 2.50 bits per heavy atom. The molecule has 1 N–H and O–H groups in total. The van der Waals surface area contributed by atoms with Gasteiger partial charge in [-0.05, 0) is 17.7 Å². The van der Waals surface area contributed by atoms with Gasteiger partial charge in [-0.2, -0.15) is 0 Å². The van der Waals surface area contributed by atoms with E-state index in [-0.39, 0.29) is 11.8 Å². The first-order valence-corrected chi connectivity index (χ1v) is 6.79. The number of carbonyl (C=O) groups is 1. The number of nitrogens with one attached hydrogen (secondary N) is 1. The molecule has 0 unspecified atom stereocenters. The summed E-state index contributed by atoms with van der Waals surface area (Å²) < 4.78 is 12.8. The Hall–Kier alpha value is -1.88. The zero-order valence-electron chi connectivity index (χ0n) is 11.5. The van der Waals surface area contributed by atoms with Crippen LogP contribution in [0.3, 0.4) is 0 Å². The van der Waals surface area contributed by atoms with Crippen LogP contribution in [0, 0.1) is 5.82 Å². The Labute approximate surface area is 118 Å². The standard InChI is InChI=1S/C15H20FN3O/c1-2-7-17-15(20)19-10-8-18(9-11-19)12-13-3-5-14(16)6-4-13/h2-6H,1,7-12H2,(H,17,20). The minimum absolute atomic E-state index is 0.0358. The number of benzene rings is 1. The van der Waals surface area contributed by atoms with Crippen LogP contribution in [0.15, 0.2) is 36.9 Å². The Kier molecular flexibility index (Phi) is 5.12. The summed E-state index contributed by atoms with van der Waals surface area (Å²) in [4.78, 5) is 15.8. The van der Waals surface area contributed by atoms with Crippen LogP contribution >= 0.6 is 0 Å². The van der Waals surface area contributed by atoms with Crippen LogP contribution in [-0.2, 0) is 6.54 Å². The molecule has 0 radical (unpaired) electrons. The molecule has 0 aromatic heterocycles. The maximum atomic E-state index is 12.8. The summed E-state index contributed by atoms with van der Waals surface area (Å²) >= 11 is 0. The molecule has 1 aromatic rings. The third kappa shape index (κ3) is 4.06. The number of amides is 2. The third-order valence-electron chi connectivity index (χ3n) is 3.38. The quantitative estimate of drug-likeness (QED) is 0.852. The summed E-state index contributed by atoms with van der Waals surface area (Å²) in [7, 11) is 0. The van der Waals surface area contributed by atoms with E-state index in [1.165, 1.54) is 12.1 Å². The first-order chi connectivity index (χ1) is 9.69. The highest BCUT2D eigenvalue weighted by Crippen LogP contribution is 2.09. The molecule has 0 aliphatic carbocycles. The lowest BCUT2D eigenvalue weighted by atomic mass is 10.2. The van der Waals surface area contributed by atoms with Gasteiger partial charge in [0, 0.05) is 39.3 Å². The van der Waals surface area contributed by atoms with Gasteiger partial charge in [0.2, 0.25) is 0 Å². The fourth-order valence-electron chi connectivity index (χ4n) is 2.23. The molecular weight excluding hydrogens is 257 g/mol. The fraction of sp³-hybridized carbons (Fsp3) is 0.400. The molecule has 1 heterocycles. The van der Waals surface area contributed by atoms with Gasteiger partial charge in [-0.15, -0.1) is 6.58 Å². The van der Waals surface area contributed by atoms with Gasteiger partial charge in [-0.3, -0.25) is 4.90 Å². The lowest BCUT2D eigenvalue weighted by molar-refractivity contribution is 0.136. The molecule has 1 aliphatic rings. The molecule has 0 bridgehead atoms. The highest BCUT2D eigenvalue weighted by molar-refractivity contribution is 5.74. The van der Waals surface area contributed by atoms with Crippen LogP contribution in [-0.4, -0.2) is 48.6 Å². The summed E-state index contributed by atoms with van der Waals surface area (Å²) in [6.07, 6.45) is 1.67. The number of urea groups is 1. The maximum absolute atomic E-state index is 12.8. The van der Waals surface area contributed by atoms with Gasteiger partial charge in [0.05, 0.1) is 0 Å². The van der Waals surface area contributed by atoms with Gasteiger partial charge in [-0.25, -0.2) is 9.18 Å². The average Bonchev–Trinajstić information content (AvgIpc) is 2.48. The molecule has 20 heavy (non-hydrogen) atoms. The van der Waals surface area contributed by atoms with Crippen molar-refractivity contribution in [3.8, 4) is 0 Å². The molecule has 5 heteroatoms. The number of rotatable bonds is 4. The van der Waals surface area contributed by atoms with E-state index in [1.54, 1.807) is 18.2 Å². The number of nitrogens with zero attached hydrogens (tertiary/aromatic N) is 2. The summed E-state index contributed by atoms with van der Waals surface area (Å²) in [5, 5.41) is 2.78. The molecule has 4 nitrogen and oxygen atoms in total. The number of piperazine rings is 1. The molecule has 108 valence electrons. The average molecular weight is 277 g/mol. The van der Waals surface area contributed by atoms with Crippen molar-refractivity contribution in [3.63, 3.8) is 0 Å². The van der Waals surface area contributed by atoms with Gasteiger partial charge in [0.15, 0.2) is 0 Å². The second-order valence-corrected chi connectivity index (χ2v) is 4.86. The highest BCUT2D eigenvalue weighted by Gasteiger charge is 2.20. The second kappa shape index (κ2) is 7.05.